The Labute approximate surface area is 131 Å². The first-order valence-corrected chi connectivity index (χ1v) is 7.76. The minimum Gasteiger partial charge on any atom is -0.350 e. The Morgan fingerprint density at radius 3 is 3.00 bits per heavy atom. The van der Waals surface area contributed by atoms with Crippen LogP contribution in [0.15, 0.2) is 46.8 Å². The van der Waals surface area contributed by atoms with Crippen molar-refractivity contribution in [1.29, 1.82) is 0 Å². The largest absolute Gasteiger partial charge is 0.350 e. The van der Waals surface area contributed by atoms with Crippen LogP contribution in [0.2, 0.25) is 0 Å². The van der Waals surface area contributed by atoms with Gasteiger partial charge in [-0.25, -0.2) is 4.98 Å². The molecule has 0 fully saturated rings. The van der Waals surface area contributed by atoms with Crippen molar-refractivity contribution in [1.82, 2.24) is 14.9 Å². The predicted octanol–water partition coefficient (Wildman–Crippen LogP) is 2.08. The van der Waals surface area contributed by atoms with Gasteiger partial charge in [0.05, 0.1) is 23.8 Å². The third kappa shape index (κ3) is 3.07. The van der Waals surface area contributed by atoms with Gasteiger partial charge in [-0.3, -0.25) is 14.2 Å². The molecule has 0 aliphatic rings. The Bertz CT molecular complexity index is 869. The van der Waals surface area contributed by atoms with E-state index in [4.69, 9.17) is 0 Å². The van der Waals surface area contributed by atoms with Crippen molar-refractivity contribution in [2.75, 3.05) is 0 Å². The van der Waals surface area contributed by atoms with Crippen molar-refractivity contribution >= 4 is 28.1 Å². The molecule has 3 rings (SSSR count). The molecule has 1 N–H and O–H groups in total. The van der Waals surface area contributed by atoms with Gasteiger partial charge >= 0.3 is 0 Å². The van der Waals surface area contributed by atoms with E-state index in [0.29, 0.717) is 17.4 Å². The van der Waals surface area contributed by atoms with E-state index in [1.165, 1.54) is 10.9 Å². The average molecular weight is 313 g/mol. The third-order valence-corrected chi connectivity index (χ3v) is 4.21. The van der Waals surface area contributed by atoms with E-state index in [1.807, 2.05) is 36.6 Å². The van der Waals surface area contributed by atoms with Gasteiger partial charge in [-0.05, 0) is 30.5 Å². The fraction of sp³-hybridized carbons (Fsp3) is 0.188. The topological polar surface area (TPSA) is 64.0 Å². The minimum absolute atomic E-state index is 0.0267. The standard InChI is InChI=1S/C16H15N3O2S/c1-11-4-5-14-13(7-11)16(21)19(10-18-14)9-15(20)17-8-12-3-2-6-22-12/h2-7,10H,8-9H2,1H3,(H,17,20). The van der Waals surface area contributed by atoms with E-state index in [2.05, 4.69) is 10.3 Å². The smallest absolute Gasteiger partial charge is 0.261 e. The van der Waals surface area contributed by atoms with Crippen LogP contribution in [-0.4, -0.2) is 15.5 Å². The lowest BCUT2D eigenvalue weighted by Crippen LogP contribution is -2.32. The Kier molecular flexibility index (Phi) is 4.02. The van der Waals surface area contributed by atoms with Gasteiger partial charge in [0.25, 0.3) is 5.56 Å². The van der Waals surface area contributed by atoms with Crippen LogP contribution in [0.5, 0.6) is 0 Å². The first kappa shape index (κ1) is 14.5. The number of fused-ring (bicyclic) bond motifs is 1. The van der Waals surface area contributed by atoms with Crippen LogP contribution in [0, 0.1) is 6.92 Å². The summed E-state index contributed by atoms with van der Waals surface area (Å²) in [6.07, 6.45) is 1.42. The second-order valence-electron chi connectivity index (χ2n) is 5.05. The van der Waals surface area contributed by atoms with Gasteiger partial charge in [0, 0.05) is 4.88 Å². The lowest BCUT2D eigenvalue weighted by atomic mass is 10.2. The number of hydrogen-bond acceptors (Lipinski definition) is 4. The highest BCUT2D eigenvalue weighted by Crippen LogP contribution is 2.09. The van der Waals surface area contributed by atoms with Crippen LogP contribution in [0.25, 0.3) is 10.9 Å². The SMILES string of the molecule is Cc1ccc2ncn(CC(=O)NCc3cccs3)c(=O)c2c1. The molecule has 22 heavy (non-hydrogen) atoms. The number of carbonyl (C=O) groups is 1. The second-order valence-corrected chi connectivity index (χ2v) is 6.09. The highest BCUT2D eigenvalue weighted by Gasteiger charge is 2.08. The molecular weight excluding hydrogens is 298 g/mol. The fourth-order valence-corrected chi connectivity index (χ4v) is 2.84. The molecule has 0 saturated carbocycles. The van der Waals surface area contributed by atoms with Crippen molar-refractivity contribution in [2.24, 2.45) is 0 Å². The number of carbonyl (C=O) groups excluding carboxylic acids is 1. The van der Waals surface area contributed by atoms with E-state index < -0.39 is 0 Å². The zero-order chi connectivity index (χ0) is 15.5. The molecule has 0 spiro atoms. The number of nitrogens with one attached hydrogen (secondary N) is 1. The summed E-state index contributed by atoms with van der Waals surface area (Å²) in [6, 6.07) is 9.41. The number of nitrogens with zero attached hydrogens (tertiary/aromatic N) is 2. The second kappa shape index (κ2) is 6.11. The summed E-state index contributed by atoms with van der Waals surface area (Å²) >= 11 is 1.58. The molecule has 1 amide bonds. The summed E-state index contributed by atoms with van der Waals surface area (Å²) in [4.78, 5) is 29.7. The van der Waals surface area contributed by atoms with Crippen molar-refractivity contribution < 1.29 is 4.79 Å². The zero-order valence-corrected chi connectivity index (χ0v) is 12.9. The van der Waals surface area contributed by atoms with Crippen molar-refractivity contribution in [3.05, 3.63) is 62.8 Å². The average Bonchev–Trinajstić information content (AvgIpc) is 3.02. The van der Waals surface area contributed by atoms with Gasteiger partial charge in [-0.2, -0.15) is 0 Å². The molecule has 2 heterocycles. The molecule has 6 heteroatoms. The summed E-state index contributed by atoms with van der Waals surface area (Å²) in [7, 11) is 0. The lowest BCUT2D eigenvalue weighted by Gasteiger charge is -2.07. The number of aryl methyl sites for hydroxylation is 1. The molecule has 0 bridgehead atoms. The maximum absolute atomic E-state index is 12.4. The van der Waals surface area contributed by atoms with E-state index in [0.717, 1.165) is 10.4 Å². The fourth-order valence-electron chi connectivity index (χ4n) is 2.19. The monoisotopic (exact) mass is 313 g/mol. The zero-order valence-electron chi connectivity index (χ0n) is 12.1. The van der Waals surface area contributed by atoms with Gasteiger partial charge in [0.1, 0.15) is 6.54 Å². The highest BCUT2D eigenvalue weighted by atomic mass is 32.1. The Balaban J connectivity index is 1.77. The predicted molar refractivity (Wildman–Crippen MR) is 86.9 cm³/mol. The molecule has 0 saturated heterocycles. The Hall–Kier alpha value is -2.47. The van der Waals surface area contributed by atoms with Crippen molar-refractivity contribution in [3.63, 3.8) is 0 Å². The van der Waals surface area contributed by atoms with E-state index in [9.17, 15) is 9.59 Å². The quantitative estimate of drug-likeness (QED) is 0.802. The number of hydrogen-bond donors (Lipinski definition) is 1. The molecule has 0 radical (unpaired) electrons. The van der Waals surface area contributed by atoms with Gasteiger partial charge in [0.2, 0.25) is 5.91 Å². The number of rotatable bonds is 4. The minimum atomic E-state index is -0.204. The number of thiophene rings is 1. The van der Waals surface area contributed by atoms with Gasteiger partial charge < -0.3 is 5.32 Å². The van der Waals surface area contributed by atoms with Crippen LogP contribution >= 0.6 is 11.3 Å². The van der Waals surface area contributed by atoms with Gasteiger partial charge in [-0.1, -0.05) is 17.7 Å². The molecule has 112 valence electrons. The molecule has 3 aromatic rings. The molecule has 1 aromatic carbocycles. The number of aromatic nitrogens is 2. The molecule has 0 atom stereocenters. The van der Waals surface area contributed by atoms with Crippen LogP contribution in [0.3, 0.4) is 0 Å². The molecule has 0 unspecified atom stereocenters. The van der Waals surface area contributed by atoms with Gasteiger partial charge in [-0.15, -0.1) is 11.3 Å². The molecule has 0 aliphatic heterocycles. The van der Waals surface area contributed by atoms with Crippen molar-refractivity contribution in [2.45, 2.75) is 20.0 Å². The summed E-state index contributed by atoms with van der Waals surface area (Å²) in [5.74, 6) is -0.204. The number of benzene rings is 1. The van der Waals surface area contributed by atoms with E-state index in [-0.39, 0.29) is 18.0 Å². The lowest BCUT2D eigenvalue weighted by molar-refractivity contribution is -0.121. The summed E-state index contributed by atoms with van der Waals surface area (Å²) in [5.41, 5.74) is 1.44. The highest BCUT2D eigenvalue weighted by molar-refractivity contribution is 7.09. The molecule has 0 aliphatic carbocycles. The summed E-state index contributed by atoms with van der Waals surface area (Å²) < 4.78 is 1.34. The molecular formula is C16H15N3O2S. The van der Waals surface area contributed by atoms with Crippen LogP contribution in [-0.2, 0) is 17.9 Å². The Morgan fingerprint density at radius 2 is 2.23 bits per heavy atom. The van der Waals surface area contributed by atoms with Crippen LogP contribution in [0.1, 0.15) is 10.4 Å². The van der Waals surface area contributed by atoms with Gasteiger partial charge in [0.15, 0.2) is 0 Å². The normalized spacial score (nSPS) is 10.8. The molecule has 5 nitrogen and oxygen atoms in total. The Morgan fingerprint density at radius 1 is 1.36 bits per heavy atom. The van der Waals surface area contributed by atoms with Crippen LogP contribution in [0.4, 0.5) is 0 Å². The maximum atomic E-state index is 12.4. The number of amides is 1. The summed E-state index contributed by atoms with van der Waals surface area (Å²) in [6.45, 7) is 2.37. The first-order valence-electron chi connectivity index (χ1n) is 6.88. The van der Waals surface area contributed by atoms with E-state index in [1.54, 1.807) is 17.4 Å². The van der Waals surface area contributed by atoms with E-state index >= 15 is 0 Å². The third-order valence-electron chi connectivity index (χ3n) is 3.33. The molecule has 2 aromatic heterocycles. The maximum Gasteiger partial charge on any atom is 0.261 e. The van der Waals surface area contributed by atoms with Crippen LogP contribution < -0.4 is 10.9 Å². The first-order chi connectivity index (χ1) is 10.6. The van der Waals surface area contributed by atoms with Crippen molar-refractivity contribution in [3.8, 4) is 0 Å². The summed E-state index contributed by atoms with van der Waals surface area (Å²) in [5, 5.41) is 5.30.